The number of ether oxygens (including phenoxy) is 1. The Hall–Kier alpha value is -2.62. The number of morpholine rings is 1. The first-order chi connectivity index (χ1) is 14.8. The molecule has 2 aromatic rings. The average Bonchev–Trinajstić information content (AvgIpc) is 2.83. The molecule has 0 aromatic heterocycles. The van der Waals surface area contributed by atoms with Crippen LogP contribution in [0.25, 0.3) is 5.57 Å². The van der Waals surface area contributed by atoms with E-state index in [0.717, 1.165) is 39.4 Å². The number of hydrogen-bond donors (Lipinski definition) is 0. The summed E-state index contributed by atoms with van der Waals surface area (Å²) in [6.07, 6.45) is 9.24. The average molecular weight is 401 g/mol. The van der Waals surface area contributed by atoms with Gasteiger partial charge in [-0.2, -0.15) is 0 Å². The summed E-state index contributed by atoms with van der Waals surface area (Å²) >= 11 is 0. The minimum Gasteiger partial charge on any atom is -0.378 e. The number of anilines is 1. The second-order valence-corrected chi connectivity index (χ2v) is 7.77. The van der Waals surface area contributed by atoms with Gasteiger partial charge in [-0.05, 0) is 47.5 Å². The van der Waals surface area contributed by atoms with Gasteiger partial charge in [0.25, 0.3) is 0 Å². The highest BCUT2D eigenvalue weighted by Crippen LogP contribution is 2.31. The smallest absolute Gasteiger partial charge is 0.0642 e. The fourth-order valence-corrected chi connectivity index (χ4v) is 4.34. The van der Waals surface area contributed by atoms with Gasteiger partial charge in [-0.3, -0.25) is 4.90 Å². The molecule has 3 heteroatoms. The summed E-state index contributed by atoms with van der Waals surface area (Å²) in [6.45, 7) is 10.1. The molecule has 0 atom stereocenters. The Labute approximate surface area is 181 Å². The molecule has 156 valence electrons. The molecule has 0 spiro atoms. The van der Waals surface area contributed by atoms with Gasteiger partial charge in [0.1, 0.15) is 0 Å². The Morgan fingerprint density at radius 1 is 0.867 bits per heavy atom. The Kier molecular flexibility index (Phi) is 6.83. The summed E-state index contributed by atoms with van der Waals surface area (Å²) in [5.74, 6) is 0. The molecule has 1 fully saturated rings. The van der Waals surface area contributed by atoms with E-state index in [2.05, 4.69) is 103 Å². The topological polar surface area (TPSA) is 15.7 Å². The maximum atomic E-state index is 5.49. The third-order valence-electron chi connectivity index (χ3n) is 6.06. The monoisotopic (exact) mass is 400 g/mol. The zero-order valence-electron chi connectivity index (χ0n) is 18.1. The molecule has 0 unspecified atom stereocenters. The van der Waals surface area contributed by atoms with Gasteiger partial charge >= 0.3 is 0 Å². The largest absolute Gasteiger partial charge is 0.378 e. The van der Waals surface area contributed by atoms with Gasteiger partial charge in [0.15, 0.2) is 0 Å². The zero-order valence-corrected chi connectivity index (χ0v) is 18.1. The van der Waals surface area contributed by atoms with Crippen molar-refractivity contribution in [2.24, 2.45) is 0 Å². The molecule has 2 aliphatic rings. The highest BCUT2D eigenvalue weighted by atomic mass is 16.5. The van der Waals surface area contributed by atoms with Crippen molar-refractivity contribution < 1.29 is 4.74 Å². The van der Waals surface area contributed by atoms with Gasteiger partial charge in [0.2, 0.25) is 0 Å². The molecule has 1 aliphatic carbocycles. The lowest BCUT2D eigenvalue weighted by Crippen LogP contribution is -2.36. The van der Waals surface area contributed by atoms with Gasteiger partial charge in [0.05, 0.1) is 13.2 Å². The van der Waals surface area contributed by atoms with Crippen molar-refractivity contribution in [1.82, 2.24) is 4.90 Å². The normalized spacial score (nSPS) is 18.8. The Balaban J connectivity index is 1.67. The highest BCUT2D eigenvalue weighted by Gasteiger charge is 2.16. The molecule has 4 rings (SSSR count). The number of nitrogens with zero attached hydrogens (tertiary/aromatic N) is 2. The van der Waals surface area contributed by atoms with E-state index < -0.39 is 0 Å². The van der Waals surface area contributed by atoms with Crippen molar-refractivity contribution >= 4 is 11.3 Å². The van der Waals surface area contributed by atoms with Crippen LogP contribution in [0.3, 0.4) is 0 Å². The number of likely N-dealkylation sites (N-methyl/N-ethyl adjacent to an activating group) is 1. The predicted molar refractivity (Wildman–Crippen MR) is 127 cm³/mol. The zero-order chi connectivity index (χ0) is 20.8. The molecule has 30 heavy (non-hydrogen) atoms. The summed E-state index contributed by atoms with van der Waals surface area (Å²) in [5.41, 5.74) is 6.33. The Morgan fingerprint density at radius 2 is 1.47 bits per heavy atom. The summed E-state index contributed by atoms with van der Waals surface area (Å²) in [4.78, 5) is 4.86. The SMILES string of the molecule is CCN(CC)C1C=CC(=C(c2ccccc2)c2ccc(N3CCOCC3)cc2)C=C1. The number of hydrogen-bond acceptors (Lipinski definition) is 3. The van der Waals surface area contributed by atoms with E-state index in [9.17, 15) is 0 Å². The molecule has 3 nitrogen and oxygen atoms in total. The van der Waals surface area contributed by atoms with Gasteiger partial charge in [-0.15, -0.1) is 0 Å². The van der Waals surface area contributed by atoms with Crippen molar-refractivity contribution in [3.63, 3.8) is 0 Å². The van der Waals surface area contributed by atoms with Crippen LogP contribution >= 0.6 is 0 Å². The molecule has 1 heterocycles. The highest BCUT2D eigenvalue weighted by molar-refractivity contribution is 5.86. The number of benzene rings is 2. The van der Waals surface area contributed by atoms with Crippen LogP contribution in [0.15, 0.2) is 84.5 Å². The molecule has 0 radical (unpaired) electrons. The first-order valence-electron chi connectivity index (χ1n) is 11.1. The van der Waals surface area contributed by atoms with Crippen LogP contribution in [0.5, 0.6) is 0 Å². The molecule has 1 aliphatic heterocycles. The van der Waals surface area contributed by atoms with E-state index in [-0.39, 0.29) is 0 Å². The van der Waals surface area contributed by atoms with E-state index in [4.69, 9.17) is 4.74 Å². The van der Waals surface area contributed by atoms with E-state index >= 15 is 0 Å². The first-order valence-corrected chi connectivity index (χ1v) is 11.1. The van der Waals surface area contributed by atoms with Crippen molar-refractivity contribution in [2.45, 2.75) is 19.9 Å². The summed E-state index contributed by atoms with van der Waals surface area (Å²) < 4.78 is 5.49. The van der Waals surface area contributed by atoms with Crippen molar-refractivity contribution in [3.05, 3.63) is 95.6 Å². The lowest BCUT2D eigenvalue weighted by atomic mass is 9.90. The van der Waals surface area contributed by atoms with Crippen molar-refractivity contribution in [3.8, 4) is 0 Å². The summed E-state index contributed by atoms with van der Waals surface area (Å²) in [6, 6.07) is 20.1. The number of rotatable bonds is 6. The Morgan fingerprint density at radius 3 is 2.07 bits per heavy atom. The predicted octanol–water partition coefficient (Wildman–Crippen LogP) is 5.16. The summed E-state index contributed by atoms with van der Waals surface area (Å²) in [5, 5.41) is 0. The van der Waals surface area contributed by atoms with E-state index in [1.165, 1.54) is 28.0 Å². The van der Waals surface area contributed by atoms with E-state index in [1.54, 1.807) is 0 Å². The minimum absolute atomic E-state index is 0.379. The Bertz CT molecular complexity index is 886. The lowest BCUT2D eigenvalue weighted by molar-refractivity contribution is 0.122. The molecule has 0 saturated carbocycles. The van der Waals surface area contributed by atoms with Crippen molar-refractivity contribution in [2.75, 3.05) is 44.3 Å². The van der Waals surface area contributed by atoms with Crippen LogP contribution in [0.1, 0.15) is 25.0 Å². The van der Waals surface area contributed by atoms with Gasteiger partial charge in [-0.1, -0.05) is 80.6 Å². The maximum Gasteiger partial charge on any atom is 0.0642 e. The fraction of sp³-hybridized carbons (Fsp3) is 0.333. The van der Waals surface area contributed by atoms with Crippen LogP contribution in [0, 0.1) is 0 Å². The third-order valence-corrected chi connectivity index (χ3v) is 6.06. The third kappa shape index (κ3) is 4.58. The van der Waals surface area contributed by atoms with Crippen molar-refractivity contribution in [1.29, 1.82) is 0 Å². The van der Waals surface area contributed by atoms with Crippen LogP contribution in [0.2, 0.25) is 0 Å². The molecule has 0 bridgehead atoms. The van der Waals surface area contributed by atoms with Gasteiger partial charge < -0.3 is 9.64 Å². The molecular formula is C27H32N2O. The van der Waals surface area contributed by atoms with Gasteiger partial charge in [-0.25, -0.2) is 0 Å². The van der Waals surface area contributed by atoms with Crippen LogP contribution in [-0.4, -0.2) is 50.3 Å². The molecule has 0 N–H and O–H groups in total. The van der Waals surface area contributed by atoms with Crippen LogP contribution < -0.4 is 4.90 Å². The number of allylic oxidation sites excluding steroid dienone is 3. The van der Waals surface area contributed by atoms with Gasteiger partial charge in [0, 0.05) is 24.8 Å². The second kappa shape index (κ2) is 9.92. The quantitative estimate of drug-likeness (QED) is 0.666. The summed E-state index contributed by atoms with van der Waals surface area (Å²) in [7, 11) is 0. The molecule has 1 saturated heterocycles. The fourth-order valence-electron chi connectivity index (χ4n) is 4.34. The van der Waals surface area contributed by atoms with Crippen LogP contribution in [-0.2, 0) is 4.74 Å². The molecule has 2 aromatic carbocycles. The molecular weight excluding hydrogens is 368 g/mol. The lowest BCUT2D eigenvalue weighted by Gasteiger charge is -2.29. The maximum absolute atomic E-state index is 5.49. The first kappa shape index (κ1) is 20.6. The molecule has 0 amide bonds. The standard InChI is InChI=1S/C27H32N2O/c1-3-28(4-2)25-14-10-23(11-15-25)27(22-8-6-5-7-9-22)24-12-16-26(17-13-24)29-18-20-30-21-19-29/h5-17,25H,3-4,18-21H2,1-2H3. The van der Waals surface area contributed by atoms with E-state index in [0.29, 0.717) is 6.04 Å². The van der Waals surface area contributed by atoms with E-state index in [1.807, 2.05) is 0 Å². The second-order valence-electron chi connectivity index (χ2n) is 7.77. The minimum atomic E-state index is 0.379. The van der Waals surface area contributed by atoms with Crippen LogP contribution in [0.4, 0.5) is 5.69 Å².